The highest BCUT2D eigenvalue weighted by atomic mass is 35.5. The highest BCUT2D eigenvalue weighted by Crippen LogP contribution is 2.46. The number of thioether (sulfide) groups is 1. The molecular formula is C24H24ClNOS. The molecule has 1 unspecified atom stereocenters. The maximum absolute atomic E-state index is 13.1. The lowest BCUT2D eigenvalue weighted by atomic mass is 9.93. The van der Waals surface area contributed by atoms with Crippen molar-refractivity contribution >= 4 is 45.7 Å². The molecule has 0 bridgehead atoms. The van der Waals surface area contributed by atoms with E-state index in [1.807, 2.05) is 23.1 Å². The minimum absolute atomic E-state index is 0.0104. The van der Waals surface area contributed by atoms with Crippen LogP contribution in [0.25, 0.3) is 10.8 Å². The van der Waals surface area contributed by atoms with Crippen LogP contribution in [-0.2, 0) is 4.79 Å². The van der Waals surface area contributed by atoms with Crippen molar-refractivity contribution in [3.63, 3.8) is 0 Å². The molecule has 1 aliphatic heterocycles. The predicted octanol–water partition coefficient (Wildman–Crippen LogP) is 6.71. The molecule has 3 aromatic carbocycles. The Bertz CT molecular complexity index is 1030. The lowest BCUT2D eigenvalue weighted by Gasteiger charge is -2.30. The van der Waals surface area contributed by atoms with Gasteiger partial charge < -0.3 is 4.90 Å². The molecule has 1 heterocycles. The molecular weight excluding hydrogens is 386 g/mol. The molecule has 4 rings (SSSR count). The van der Waals surface area contributed by atoms with Crippen LogP contribution in [0.1, 0.15) is 37.1 Å². The Morgan fingerprint density at radius 3 is 2.57 bits per heavy atom. The Kier molecular flexibility index (Phi) is 5.15. The van der Waals surface area contributed by atoms with E-state index in [4.69, 9.17) is 11.6 Å². The zero-order valence-corrected chi connectivity index (χ0v) is 18.0. The van der Waals surface area contributed by atoms with Crippen LogP contribution in [0.15, 0.2) is 60.7 Å². The van der Waals surface area contributed by atoms with Crippen molar-refractivity contribution in [3.05, 3.63) is 76.8 Å². The van der Waals surface area contributed by atoms with Gasteiger partial charge in [0.05, 0.1) is 11.0 Å². The minimum Gasteiger partial charge on any atom is -0.311 e. The number of anilines is 1. The molecule has 0 saturated carbocycles. The second-order valence-corrected chi connectivity index (χ2v) is 10.0. The first-order valence-corrected chi connectivity index (χ1v) is 11.0. The molecule has 1 atom stereocenters. The largest absolute Gasteiger partial charge is 0.311 e. The summed E-state index contributed by atoms with van der Waals surface area (Å²) in [7, 11) is 0. The Balaban J connectivity index is 1.90. The molecule has 4 heteroatoms. The van der Waals surface area contributed by atoms with E-state index in [9.17, 15) is 4.79 Å². The quantitative estimate of drug-likeness (QED) is 0.468. The summed E-state index contributed by atoms with van der Waals surface area (Å²) < 4.78 is 0. The number of fused-ring (bicyclic) bond motifs is 2. The second kappa shape index (κ2) is 7.46. The van der Waals surface area contributed by atoms with E-state index in [-0.39, 0.29) is 16.6 Å². The Morgan fingerprint density at radius 1 is 1.04 bits per heavy atom. The summed E-state index contributed by atoms with van der Waals surface area (Å²) in [6.45, 7) is 7.17. The Hall–Kier alpha value is -1.97. The van der Waals surface area contributed by atoms with Gasteiger partial charge in [-0.1, -0.05) is 74.8 Å². The lowest BCUT2D eigenvalue weighted by Crippen LogP contribution is -2.38. The number of carbonyl (C=O) groups is 1. The number of rotatable bonds is 2. The van der Waals surface area contributed by atoms with Gasteiger partial charge in [0.15, 0.2) is 0 Å². The third-order valence-corrected chi connectivity index (χ3v) is 6.47. The monoisotopic (exact) mass is 409 g/mol. The van der Waals surface area contributed by atoms with Gasteiger partial charge in [-0.15, -0.1) is 11.8 Å². The topological polar surface area (TPSA) is 20.3 Å². The van der Waals surface area contributed by atoms with Gasteiger partial charge in [-0.2, -0.15) is 0 Å². The van der Waals surface area contributed by atoms with E-state index in [2.05, 4.69) is 63.2 Å². The van der Waals surface area contributed by atoms with Gasteiger partial charge in [0, 0.05) is 17.3 Å². The molecule has 0 aliphatic carbocycles. The average molecular weight is 410 g/mol. The summed E-state index contributed by atoms with van der Waals surface area (Å²) >= 11 is 8.10. The highest BCUT2D eigenvalue weighted by molar-refractivity contribution is 8.00. The van der Waals surface area contributed by atoms with E-state index in [1.165, 1.54) is 16.3 Å². The van der Waals surface area contributed by atoms with E-state index in [0.717, 1.165) is 11.3 Å². The predicted molar refractivity (Wildman–Crippen MR) is 122 cm³/mol. The minimum atomic E-state index is 0.0104. The average Bonchev–Trinajstić information content (AvgIpc) is 2.77. The Labute approximate surface area is 175 Å². The molecule has 1 amide bonds. The number of hydrogen-bond acceptors (Lipinski definition) is 2. The van der Waals surface area contributed by atoms with Crippen molar-refractivity contribution in [2.45, 2.75) is 26.0 Å². The first kappa shape index (κ1) is 19.4. The third kappa shape index (κ3) is 3.78. The molecule has 0 radical (unpaired) electrons. The molecule has 0 saturated heterocycles. The molecule has 28 heavy (non-hydrogen) atoms. The van der Waals surface area contributed by atoms with Crippen LogP contribution in [0.5, 0.6) is 0 Å². The zero-order valence-electron chi connectivity index (χ0n) is 16.4. The van der Waals surface area contributed by atoms with E-state index in [0.29, 0.717) is 17.3 Å². The van der Waals surface area contributed by atoms with Crippen LogP contribution in [0.3, 0.4) is 0 Å². The van der Waals surface area contributed by atoms with E-state index < -0.39 is 0 Å². The van der Waals surface area contributed by atoms with Gasteiger partial charge in [-0.25, -0.2) is 0 Å². The van der Waals surface area contributed by atoms with Crippen molar-refractivity contribution in [3.8, 4) is 0 Å². The van der Waals surface area contributed by atoms with Crippen molar-refractivity contribution in [1.29, 1.82) is 0 Å². The number of hydrogen-bond donors (Lipinski definition) is 0. The smallest absolute Gasteiger partial charge is 0.237 e. The van der Waals surface area contributed by atoms with Crippen LogP contribution in [0.2, 0.25) is 5.02 Å². The third-order valence-electron chi connectivity index (χ3n) is 4.98. The van der Waals surface area contributed by atoms with Gasteiger partial charge in [-0.05, 0) is 45.5 Å². The summed E-state index contributed by atoms with van der Waals surface area (Å²) in [6, 6.07) is 20.8. The first-order chi connectivity index (χ1) is 13.3. The van der Waals surface area contributed by atoms with Crippen LogP contribution in [-0.4, -0.2) is 18.2 Å². The molecule has 2 nitrogen and oxygen atoms in total. The summed E-state index contributed by atoms with van der Waals surface area (Å²) in [5.74, 6) is 0.613. The maximum Gasteiger partial charge on any atom is 0.237 e. The van der Waals surface area contributed by atoms with Gasteiger partial charge in [0.25, 0.3) is 0 Å². The van der Waals surface area contributed by atoms with Gasteiger partial charge in [0.1, 0.15) is 0 Å². The zero-order chi connectivity index (χ0) is 19.9. The first-order valence-electron chi connectivity index (χ1n) is 9.52. The molecule has 1 aliphatic rings. The number of nitrogens with zero attached hydrogens (tertiary/aromatic N) is 1. The Morgan fingerprint density at radius 2 is 1.79 bits per heavy atom. The fourth-order valence-electron chi connectivity index (χ4n) is 3.82. The molecule has 144 valence electrons. The van der Waals surface area contributed by atoms with Crippen LogP contribution in [0, 0.1) is 5.41 Å². The maximum atomic E-state index is 13.1. The van der Waals surface area contributed by atoms with Gasteiger partial charge >= 0.3 is 0 Å². The normalized spacial score (nSPS) is 17.5. The van der Waals surface area contributed by atoms with Gasteiger partial charge in [-0.3, -0.25) is 4.79 Å². The number of carbonyl (C=O) groups excluding carboxylic acids is 1. The molecule has 0 fully saturated rings. The number of amides is 1. The van der Waals surface area contributed by atoms with Crippen molar-refractivity contribution in [2.24, 2.45) is 5.41 Å². The molecule has 0 N–H and O–H groups in total. The van der Waals surface area contributed by atoms with Crippen molar-refractivity contribution in [2.75, 3.05) is 17.2 Å². The SMILES string of the molecule is CC(C)(C)CN1C(=O)CSC(c2cccc3ccccc23)c2cc(Cl)ccc21. The standard InChI is InChI=1S/C24H24ClNOS/c1-24(2,3)15-26-21-12-11-17(25)13-20(21)23(28-14-22(26)27)19-10-6-8-16-7-4-5-9-18(16)19/h4-13,23H,14-15H2,1-3H3. The summed E-state index contributed by atoms with van der Waals surface area (Å²) in [4.78, 5) is 15.0. The molecule has 0 spiro atoms. The van der Waals surface area contributed by atoms with Crippen molar-refractivity contribution in [1.82, 2.24) is 0 Å². The number of benzene rings is 3. The van der Waals surface area contributed by atoms with Gasteiger partial charge in [0.2, 0.25) is 5.91 Å². The molecule has 3 aromatic rings. The van der Waals surface area contributed by atoms with Crippen LogP contribution < -0.4 is 4.90 Å². The van der Waals surface area contributed by atoms with E-state index >= 15 is 0 Å². The molecule has 0 aromatic heterocycles. The summed E-state index contributed by atoms with van der Waals surface area (Å²) in [5, 5.41) is 3.21. The van der Waals surface area contributed by atoms with Crippen LogP contribution >= 0.6 is 23.4 Å². The van der Waals surface area contributed by atoms with Crippen LogP contribution in [0.4, 0.5) is 5.69 Å². The highest BCUT2D eigenvalue weighted by Gasteiger charge is 2.32. The lowest BCUT2D eigenvalue weighted by molar-refractivity contribution is -0.116. The fraction of sp³-hybridized carbons (Fsp3) is 0.292. The fourth-order valence-corrected chi connectivity index (χ4v) is 5.22. The van der Waals surface area contributed by atoms with E-state index in [1.54, 1.807) is 11.8 Å². The number of halogens is 1. The van der Waals surface area contributed by atoms with Crippen molar-refractivity contribution < 1.29 is 4.79 Å². The summed E-state index contributed by atoms with van der Waals surface area (Å²) in [6.07, 6.45) is 0. The second-order valence-electron chi connectivity index (χ2n) is 8.50. The summed E-state index contributed by atoms with van der Waals surface area (Å²) in [5.41, 5.74) is 3.34.